The third-order valence-corrected chi connectivity index (χ3v) is 9.39. The number of carbonyl (C=O) groups is 4. The number of hydrogen-bond donors (Lipinski definition) is 3. The first-order valence-corrected chi connectivity index (χ1v) is 17.2. The highest BCUT2D eigenvalue weighted by atomic mass is 16.5. The fourth-order valence-corrected chi connectivity index (χ4v) is 6.76. The van der Waals surface area contributed by atoms with E-state index in [4.69, 9.17) is 14.6 Å². The molecule has 2 amide bonds. The van der Waals surface area contributed by atoms with E-state index in [2.05, 4.69) is 22.3 Å². The third kappa shape index (κ3) is 11.7. The zero-order chi connectivity index (χ0) is 35.3. The molecule has 0 spiro atoms. The summed E-state index contributed by atoms with van der Waals surface area (Å²) in [6, 6.07) is 15.1. The van der Waals surface area contributed by atoms with Crippen LogP contribution in [0.3, 0.4) is 0 Å². The van der Waals surface area contributed by atoms with Gasteiger partial charge >= 0.3 is 6.09 Å². The van der Waals surface area contributed by atoms with Crippen LogP contribution in [0.25, 0.3) is 0 Å². The average molecular weight is 666 g/mol. The highest BCUT2D eigenvalue weighted by Gasteiger charge is 2.38. The summed E-state index contributed by atoms with van der Waals surface area (Å²) in [5.41, 5.74) is 3.73. The van der Waals surface area contributed by atoms with Gasteiger partial charge in [0.05, 0.1) is 13.2 Å². The molecular formula is C38H55N3O7. The van der Waals surface area contributed by atoms with Crippen LogP contribution in [0.5, 0.6) is 0 Å². The van der Waals surface area contributed by atoms with Crippen molar-refractivity contribution in [3.8, 4) is 0 Å². The lowest BCUT2D eigenvalue weighted by Crippen LogP contribution is -2.59. The summed E-state index contributed by atoms with van der Waals surface area (Å²) < 4.78 is 5.89. The number of benzene rings is 2. The van der Waals surface area contributed by atoms with E-state index in [0.717, 1.165) is 75.7 Å². The molecule has 264 valence electrons. The van der Waals surface area contributed by atoms with E-state index in [0.29, 0.717) is 12.5 Å². The third-order valence-electron chi connectivity index (χ3n) is 9.39. The van der Waals surface area contributed by atoms with Gasteiger partial charge in [0, 0.05) is 36.2 Å². The molecule has 1 fully saturated rings. The minimum absolute atomic E-state index is 0.00527. The fourth-order valence-electron chi connectivity index (χ4n) is 6.76. The Morgan fingerprint density at radius 2 is 1.62 bits per heavy atom. The second kappa shape index (κ2) is 18.7. The molecule has 0 saturated heterocycles. The van der Waals surface area contributed by atoms with Gasteiger partial charge in [-0.1, -0.05) is 56.3 Å². The number of amides is 2. The van der Waals surface area contributed by atoms with Gasteiger partial charge in [0.1, 0.15) is 6.04 Å². The van der Waals surface area contributed by atoms with E-state index in [1.54, 1.807) is 20.8 Å². The SMILES string of the molecule is CC(C)C(=O)c1ccc2c(c1)CCN(CCC1CCC(NC(=O)C(COCc3ccccc3)N(C(=O)O)C(C)(C)C)CC1)CC2.O=CO. The van der Waals surface area contributed by atoms with Gasteiger partial charge in [-0.15, -0.1) is 0 Å². The molecule has 2 aliphatic rings. The molecule has 48 heavy (non-hydrogen) atoms. The number of Topliss-reactive ketones (excluding diaryl/α,β-unsaturated/α-hetero) is 1. The second-order valence-corrected chi connectivity index (χ2v) is 14.3. The summed E-state index contributed by atoms with van der Waals surface area (Å²) in [5.74, 6) is 0.559. The number of carboxylic acid groups (broad SMARTS) is 2. The smallest absolute Gasteiger partial charge is 0.408 e. The molecule has 1 heterocycles. The number of fused-ring (bicyclic) bond motifs is 1. The largest absolute Gasteiger partial charge is 0.483 e. The van der Waals surface area contributed by atoms with Crippen molar-refractivity contribution in [2.24, 2.45) is 11.8 Å². The Labute approximate surface area is 285 Å². The van der Waals surface area contributed by atoms with Gasteiger partial charge in [-0.3, -0.25) is 19.3 Å². The van der Waals surface area contributed by atoms with Crippen LogP contribution in [-0.2, 0) is 33.8 Å². The zero-order valence-electron chi connectivity index (χ0n) is 29.3. The van der Waals surface area contributed by atoms with Crippen molar-refractivity contribution in [1.29, 1.82) is 0 Å². The van der Waals surface area contributed by atoms with Crippen LogP contribution < -0.4 is 5.32 Å². The van der Waals surface area contributed by atoms with Crippen LogP contribution >= 0.6 is 0 Å². The van der Waals surface area contributed by atoms with Crippen LogP contribution in [0.2, 0.25) is 0 Å². The normalized spacial score (nSPS) is 18.8. The molecule has 10 nitrogen and oxygen atoms in total. The van der Waals surface area contributed by atoms with Crippen LogP contribution in [-0.4, -0.2) is 88.1 Å². The summed E-state index contributed by atoms with van der Waals surface area (Å²) in [7, 11) is 0. The van der Waals surface area contributed by atoms with Crippen molar-refractivity contribution >= 4 is 24.3 Å². The summed E-state index contributed by atoms with van der Waals surface area (Å²) in [6.07, 6.45) is 5.90. The Morgan fingerprint density at radius 3 is 2.21 bits per heavy atom. The van der Waals surface area contributed by atoms with Gasteiger partial charge in [0.25, 0.3) is 6.47 Å². The molecule has 3 N–H and O–H groups in total. The Hall–Kier alpha value is -3.76. The molecule has 1 aliphatic heterocycles. The van der Waals surface area contributed by atoms with E-state index in [1.165, 1.54) is 16.0 Å². The average Bonchev–Trinajstić information content (AvgIpc) is 3.25. The molecule has 10 heteroatoms. The molecule has 2 aromatic rings. The monoisotopic (exact) mass is 665 g/mol. The Bertz CT molecular complexity index is 1330. The van der Waals surface area contributed by atoms with Gasteiger partial charge in [-0.2, -0.15) is 0 Å². The topological polar surface area (TPSA) is 136 Å². The Morgan fingerprint density at radius 1 is 1.00 bits per heavy atom. The molecule has 1 unspecified atom stereocenters. The Kier molecular flexibility index (Phi) is 15.1. The summed E-state index contributed by atoms with van der Waals surface area (Å²) in [5, 5.41) is 20.1. The minimum Gasteiger partial charge on any atom is -0.483 e. The maximum absolute atomic E-state index is 13.6. The van der Waals surface area contributed by atoms with E-state index >= 15 is 0 Å². The number of nitrogens with zero attached hydrogens (tertiary/aromatic N) is 2. The van der Waals surface area contributed by atoms with Crippen LogP contribution in [0.4, 0.5) is 4.79 Å². The van der Waals surface area contributed by atoms with Crippen molar-refractivity contribution in [3.63, 3.8) is 0 Å². The predicted molar refractivity (Wildman–Crippen MR) is 186 cm³/mol. The van der Waals surface area contributed by atoms with Crippen molar-refractivity contribution in [2.45, 2.75) is 104 Å². The number of carbonyl (C=O) groups excluding carboxylic acids is 2. The first kappa shape index (κ1) is 38.7. The number of nitrogens with one attached hydrogen (secondary N) is 1. The van der Waals surface area contributed by atoms with Crippen LogP contribution in [0.15, 0.2) is 48.5 Å². The van der Waals surface area contributed by atoms with Crippen molar-refractivity contribution < 1.29 is 34.1 Å². The molecular weight excluding hydrogens is 610 g/mol. The Balaban J connectivity index is 0.00000201. The quantitative estimate of drug-likeness (QED) is 0.184. The van der Waals surface area contributed by atoms with E-state index < -0.39 is 17.7 Å². The van der Waals surface area contributed by atoms with Crippen LogP contribution in [0.1, 0.15) is 93.8 Å². The number of ketones is 1. The number of hydrogen-bond acceptors (Lipinski definition) is 6. The molecule has 0 radical (unpaired) electrons. The number of ether oxygens (including phenoxy) is 1. The maximum Gasteiger partial charge on any atom is 0.408 e. The lowest BCUT2D eigenvalue weighted by atomic mass is 9.84. The fraction of sp³-hybridized carbons (Fsp3) is 0.579. The lowest BCUT2D eigenvalue weighted by molar-refractivity contribution is -0.131. The van der Waals surface area contributed by atoms with Crippen LogP contribution in [0, 0.1) is 11.8 Å². The van der Waals surface area contributed by atoms with E-state index in [-0.39, 0.29) is 36.7 Å². The molecule has 1 aliphatic carbocycles. The van der Waals surface area contributed by atoms with Gasteiger partial charge in [0.2, 0.25) is 5.91 Å². The first-order valence-electron chi connectivity index (χ1n) is 17.2. The first-order chi connectivity index (χ1) is 22.8. The zero-order valence-corrected chi connectivity index (χ0v) is 29.3. The second-order valence-electron chi connectivity index (χ2n) is 14.3. The standard InChI is InChI=1S/C37H53N3O5.CH2O2/c1-26(2)34(41)31-14-13-29-18-21-39(22-19-30(29)23-31)20-17-27-11-15-32(16-12-27)38-35(42)33(40(36(43)44)37(3,4)5)25-45-24-28-9-7-6-8-10-28;2-1-3/h6-10,13-14,23,26-27,32-33H,11-12,15-22,24-25H2,1-5H3,(H,38,42)(H,43,44);1H,(H,2,3). The predicted octanol–water partition coefficient (Wildman–Crippen LogP) is 6.06. The molecule has 0 aromatic heterocycles. The van der Waals surface area contributed by atoms with Gasteiger partial charge < -0.3 is 25.2 Å². The van der Waals surface area contributed by atoms with Gasteiger partial charge in [-0.25, -0.2) is 4.79 Å². The molecule has 1 saturated carbocycles. The highest BCUT2D eigenvalue weighted by Crippen LogP contribution is 2.28. The van der Waals surface area contributed by atoms with Crippen molar-refractivity contribution in [2.75, 3.05) is 26.2 Å². The molecule has 1 atom stereocenters. The van der Waals surface area contributed by atoms with Crippen molar-refractivity contribution in [1.82, 2.24) is 15.1 Å². The van der Waals surface area contributed by atoms with Crippen molar-refractivity contribution in [3.05, 3.63) is 70.8 Å². The summed E-state index contributed by atoms with van der Waals surface area (Å²) >= 11 is 0. The van der Waals surface area contributed by atoms with Gasteiger partial charge in [0.15, 0.2) is 5.78 Å². The minimum atomic E-state index is -1.13. The van der Waals surface area contributed by atoms with E-state index in [9.17, 15) is 19.5 Å². The highest BCUT2D eigenvalue weighted by molar-refractivity contribution is 5.97. The van der Waals surface area contributed by atoms with Gasteiger partial charge in [-0.05, 0) is 101 Å². The molecule has 4 rings (SSSR count). The van der Waals surface area contributed by atoms with E-state index in [1.807, 2.05) is 50.2 Å². The maximum atomic E-state index is 13.6. The summed E-state index contributed by atoms with van der Waals surface area (Å²) in [6.45, 7) is 12.5. The number of rotatable bonds is 12. The lowest BCUT2D eigenvalue weighted by Gasteiger charge is -2.39. The molecule has 0 bridgehead atoms. The molecule has 2 aromatic carbocycles. The summed E-state index contributed by atoms with van der Waals surface area (Å²) in [4.78, 5) is 50.5.